The molecule has 0 aliphatic heterocycles. The minimum atomic E-state index is -1.65. The van der Waals surface area contributed by atoms with Crippen LogP contribution in [0.1, 0.15) is 38.1 Å². The lowest BCUT2D eigenvalue weighted by Gasteiger charge is -2.23. The molecule has 0 fully saturated rings. The van der Waals surface area contributed by atoms with E-state index in [1.165, 1.54) is 30.9 Å². The highest BCUT2D eigenvalue weighted by Gasteiger charge is 2.28. The van der Waals surface area contributed by atoms with Gasteiger partial charge >= 0.3 is 0 Å². The molecule has 3 rings (SSSR count). The zero-order valence-corrected chi connectivity index (χ0v) is 17.2. The molecule has 1 unspecified atom stereocenters. The van der Waals surface area contributed by atoms with Crippen LogP contribution in [0.25, 0.3) is 17.0 Å². The Morgan fingerprint density at radius 3 is 2.73 bits per heavy atom. The molecule has 3 aromatic rings. The SMILES string of the molecule is CC(C)Nc1ccnc(-n2cnc3cnc(N)nc32)c1C(=O)NCC(F)C(C)(C)O. The third kappa shape index (κ3) is 4.46. The molecule has 0 saturated heterocycles. The lowest BCUT2D eigenvalue weighted by molar-refractivity contribution is -0.00177. The van der Waals surface area contributed by atoms with Gasteiger partial charge in [-0.05, 0) is 33.8 Å². The van der Waals surface area contributed by atoms with E-state index in [-0.39, 0.29) is 29.9 Å². The van der Waals surface area contributed by atoms with Gasteiger partial charge in [-0.1, -0.05) is 0 Å². The van der Waals surface area contributed by atoms with Crippen LogP contribution in [-0.4, -0.2) is 59.9 Å². The summed E-state index contributed by atoms with van der Waals surface area (Å²) in [5, 5.41) is 15.5. The summed E-state index contributed by atoms with van der Waals surface area (Å²) in [4.78, 5) is 29.7. The maximum Gasteiger partial charge on any atom is 0.257 e. The number of carbonyl (C=O) groups excluding carboxylic acids is 1. The first kappa shape index (κ1) is 21.4. The number of hydrogen-bond acceptors (Lipinski definition) is 8. The molecule has 30 heavy (non-hydrogen) atoms. The van der Waals surface area contributed by atoms with Crippen LogP contribution in [0.2, 0.25) is 0 Å². The van der Waals surface area contributed by atoms with Gasteiger partial charge in [0.1, 0.15) is 23.6 Å². The number of aliphatic hydroxyl groups is 1. The molecule has 3 heterocycles. The molecule has 11 heteroatoms. The Labute approximate surface area is 172 Å². The minimum absolute atomic E-state index is 0.0228. The molecule has 5 N–H and O–H groups in total. The van der Waals surface area contributed by atoms with E-state index in [9.17, 15) is 14.3 Å². The number of carbonyl (C=O) groups is 1. The Balaban J connectivity index is 2.07. The standard InChI is InChI=1S/C19H25FN8O2/c1-10(2)26-11-5-6-22-16(14(11)17(29)23-8-13(20)19(3,4)30)28-9-25-12-7-24-18(21)27-15(12)28/h5-7,9-10,13,30H,8H2,1-4H3,(H,22,26)(H,23,29)(H2,21,24,27). The van der Waals surface area contributed by atoms with Gasteiger partial charge in [-0.2, -0.15) is 4.98 Å². The monoisotopic (exact) mass is 416 g/mol. The van der Waals surface area contributed by atoms with Crippen molar-refractivity contribution in [2.75, 3.05) is 17.6 Å². The topological polar surface area (TPSA) is 144 Å². The Morgan fingerprint density at radius 1 is 1.33 bits per heavy atom. The van der Waals surface area contributed by atoms with Gasteiger partial charge in [0.15, 0.2) is 11.5 Å². The molecule has 0 spiro atoms. The maximum absolute atomic E-state index is 14.2. The van der Waals surface area contributed by atoms with Crippen LogP contribution in [0.4, 0.5) is 16.0 Å². The number of aromatic nitrogens is 5. The predicted molar refractivity (Wildman–Crippen MR) is 111 cm³/mol. The second-order valence-electron chi connectivity index (χ2n) is 7.74. The number of anilines is 2. The van der Waals surface area contributed by atoms with Crippen molar-refractivity contribution >= 4 is 28.7 Å². The molecule has 0 saturated carbocycles. The number of fused-ring (bicyclic) bond motifs is 1. The number of rotatable bonds is 7. The van der Waals surface area contributed by atoms with Gasteiger partial charge in [-0.15, -0.1) is 0 Å². The summed E-state index contributed by atoms with van der Waals surface area (Å²) < 4.78 is 15.7. The van der Waals surface area contributed by atoms with E-state index in [4.69, 9.17) is 5.73 Å². The van der Waals surface area contributed by atoms with Gasteiger partial charge in [0.2, 0.25) is 5.95 Å². The zero-order valence-electron chi connectivity index (χ0n) is 17.2. The van der Waals surface area contributed by atoms with Crippen molar-refractivity contribution in [2.45, 2.75) is 45.5 Å². The van der Waals surface area contributed by atoms with Crippen LogP contribution in [-0.2, 0) is 0 Å². The Morgan fingerprint density at radius 2 is 2.07 bits per heavy atom. The Hall–Kier alpha value is -3.34. The van der Waals surface area contributed by atoms with Gasteiger partial charge in [0.25, 0.3) is 5.91 Å². The molecule has 0 aliphatic rings. The third-order valence-electron chi connectivity index (χ3n) is 4.35. The highest BCUT2D eigenvalue weighted by Crippen LogP contribution is 2.25. The van der Waals surface area contributed by atoms with Crippen molar-refractivity contribution < 1.29 is 14.3 Å². The van der Waals surface area contributed by atoms with E-state index in [0.29, 0.717) is 16.9 Å². The smallest absolute Gasteiger partial charge is 0.257 e. The fourth-order valence-electron chi connectivity index (χ4n) is 2.79. The Kier molecular flexibility index (Phi) is 5.83. The summed E-state index contributed by atoms with van der Waals surface area (Å²) in [7, 11) is 0. The number of nitrogens with two attached hydrogens (primary N) is 1. The number of pyridine rings is 1. The van der Waals surface area contributed by atoms with E-state index in [2.05, 4.69) is 30.6 Å². The molecule has 0 aromatic carbocycles. The first-order valence-electron chi connectivity index (χ1n) is 9.44. The molecule has 0 aliphatic carbocycles. The second-order valence-corrected chi connectivity index (χ2v) is 7.74. The number of alkyl halides is 1. The summed E-state index contributed by atoms with van der Waals surface area (Å²) in [5.41, 5.74) is 5.67. The highest BCUT2D eigenvalue weighted by atomic mass is 19.1. The molecule has 0 radical (unpaired) electrons. The fourth-order valence-corrected chi connectivity index (χ4v) is 2.79. The predicted octanol–water partition coefficient (Wildman–Crippen LogP) is 1.45. The van der Waals surface area contributed by atoms with Crippen LogP contribution in [0, 0.1) is 0 Å². The van der Waals surface area contributed by atoms with Gasteiger partial charge in [-0.25, -0.2) is 19.3 Å². The number of nitrogens with zero attached hydrogens (tertiary/aromatic N) is 5. The molecule has 1 amide bonds. The van der Waals surface area contributed by atoms with Crippen molar-refractivity contribution in [3.63, 3.8) is 0 Å². The number of nitrogen functional groups attached to an aromatic ring is 1. The van der Waals surface area contributed by atoms with E-state index >= 15 is 0 Å². The van der Waals surface area contributed by atoms with Gasteiger partial charge in [0, 0.05) is 12.2 Å². The molecule has 10 nitrogen and oxygen atoms in total. The van der Waals surface area contributed by atoms with Gasteiger partial charge in [0.05, 0.1) is 24.0 Å². The molecular weight excluding hydrogens is 391 g/mol. The quantitative estimate of drug-likeness (QED) is 0.453. The number of halogens is 1. The summed E-state index contributed by atoms with van der Waals surface area (Å²) in [5.74, 6) is -0.258. The van der Waals surface area contributed by atoms with Crippen LogP contribution in [0.3, 0.4) is 0 Å². The number of nitrogens with one attached hydrogen (secondary N) is 2. The largest absolute Gasteiger partial charge is 0.387 e. The van der Waals surface area contributed by atoms with E-state index in [1.807, 2.05) is 13.8 Å². The first-order chi connectivity index (χ1) is 14.1. The van der Waals surface area contributed by atoms with E-state index in [1.54, 1.807) is 12.3 Å². The molecule has 3 aromatic heterocycles. The second kappa shape index (κ2) is 8.19. The summed E-state index contributed by atoms with van der Waals surface area (Å²) >= 11 is 0. The van der Waals surface area contributed by atoms with Crippen molar-refractivity contribution in [2.24, 2.45) is 0 Å². The summed E-state index contributed by atoms with van der Waals surface area (Å²) in [6.07, 6.45) is 2.83. The molecule has 0 bridgehead atoms. The maximum atomic E-state index is 14.2. The van der Waals surface area contributed by atoms with E-state index in [0.717, 1.165) is 0 Å². The van der Waals surface area contributed by atoms with Crippen molar-refractivity contribution in [3.8, 4) is 5.82 Å². The summed E-state index contributed by atoms with van der Waals surface area (Å²) in [6.45, 7) is 6.17. The first-order valence-corrected chi connectivity index (χ1v) is 9.44. The van der Waals surface area contributed by atoms with Crippen LogP contribution in [0.5, 0.6) is 0 Å². The fraction of sp³-hybridized carbons (Fsp3) is 0.421. The lowest BCUT2D eigenvalue weighted by Crippen LogP contribution is -2.42. The zero-order chi connectivity index (χ0) is 22.1. The normalized spacial score (nSPS) is 12.9. The average molecular weight is 416 g/mol. The van der Waals surface area contributed by atoms with Crippen molar-refractivity contribution in [3.05, 3.63) is 30.4 Å². The van der Waals surface area contributed by atoms with Gasteiger partial charge < -0.3 is 21.5 Å². The summed E-state index contributed by atoms with van der Waals surface area (Å²) in [6, 6.07) is 1.68. The van der Waals surface area contributed by atoms with Gasteiger partial charge in [-0.3, -0.25) is 9.36 Å². The van der Waals surface area contributed by atoms with Crippen LogP contribution < -0.4 is 16.4 Å². The number of imidazole rings is 1. The van der Waals surface area contributed by atoms with Crippen LogP contribution >= 0.6 is 0 Å². The van der Waals surface area contributed by atoms with E-state index < -0.39 is 17.7 Å². The number of amides is 1. The third-order valence-corrected chi connectivity index (χ3v) is 4.35. The number of hydrogen-bond donors (Lipinski definition) is 4. The van der Waals surface area contributed by atoms with Crippen LogP contribution in [0.15, 0.2) is 24.8 Å². The molecule has 1 atom stereocenters. The Bertz CT molecular complexity index is 1060. The van der Waals surface area contributed by atoms with Crippen molar-refractivity contribution in [1.82, 2.24) is 29.8 Å². The lowest BCUT2D eigenvalue weighted by atomic mass is 10.0. The highest BCUT2D eigenvalue weighted by molar-refractivity contribution is 6.03. The minimum Gasteiger partial charge on any atom is -0.387 e. The average Bonchev–Trinajstić information content (AvgIpc) is 3.07. The van der Waals surface area contributed by atoms with Crippen molar-refractivity contribution in [1.29, 1.82) is 0 Å². The molecule has 160 valence electrons. The molecular formula is C19H25FN8O2.